The molecular weight excluding hydrogens is 498 g/mol. The van der Waals surface area contributed by atoms with Crippen LogP contribution in [0, 0.1) is 0 Å². The fourth-order valence-electron chi connectivity index (χ4n) is 3.07. The van der Waals surface area contributed by atoms with Crippen molar-refractivity contribution in [2.45, 2.75) is 31.2 Å². The minimum Gasteiger partial charge on any atom is -0.490 e. The van der Waals surface area contributed by atoms with Gasteiger partial charge in [-0.05, 0) is 74.1 Å². The molecule has 0 aliphatic heterocycles. The van der Waals surface area contributed by atoms with Crippen LogP contribution in [0.2, 0.25) is 0 Å². The van der Waals surface area contributed by atoms with Gasteiger partial charge in [-0.1, -0.05) is 37.3 Å². The number of para-hydroxylation sites is 2. The van der Waals surface area contributed by atoms with Crippen molar-refractivity contribution in [1.82, 2.24) is 10.0 Å². The van der Waals surface area contributed by atoms with Crippen LogP contribution in [-0.2, 0) is 10.0 Å². The number of rotatable bonds is 11. The summed E-state index contributed by atoms with van der Waals surface area (Å²) in [6.07, 6.45) is 0.683. The first kappa shape index (κ1) is 27.1. The van der Waals surface area contributed by atoms with E-state index in [2.05, 4.69) is 15.4 Å². The molecule has 1 atom stereocenters. The fourth-order valence-corrected chi connectivity index (χ4v) is 4.61. The molecule has 3 aromatic rings. The molecule has 0 saturated heterocycles. The SMILES string of the molecule is CCC(C)NS(=O)(=O)c1ccc(NC(=S)NC(=O)c2ccccc2OCCOc2ccccc2)cc1. The van der Waals surface area contributed by atoms with E-state index < -0.39 is 15.9 Å². The summed E-state index contributed by atoms with van der Waals surface area (Å²) in [6, 6.07) is 22.1. The summed E-state index contributed by atoms with van der Waals surface area (Å²) >= 11 is 5.26. The van der Waals surface area contributed by atoms with Crippen LogP contribution in [0.3, 0.4) is 0 Å². The number of hydrogen-bond donors (Lipinski definition) is 3. The normalized spacial score (nSPS) is 11.8. The Morgan fingerprint density at radius 2 is 1.56 bits per heavy atom. The Kier molecular flexibility index (Phi) is 9.80. The van der Waals surface area contributed by atoms with Gasteiger partial charge in [-0.3, -0.25) is 10.1 Å². The summed E-state index contributed by atoms with van der Waals surface area (Å²) in [5.41, 5.74) is 0.851. The number of thiocarbonyl (C=S) groups is 1. The second-order valence-corrected chi connectivity index (χ2v) is 9.99. The van der Waals surface area contributed by atoms with E-state index in [-0.39, 0.29) is 22.7 Å². The van der Waals surface area contributed by atoms with E-state index in [0.29, 0.717) is 30.0 Å². The lowest BCUT2D eigenvalue weighted by atomic mass is 10.2. The van der Waals surface area contributed by atoms with Crippen molar-refractivity contribution < 1.29 is 22.7 Å². The Morgan fingerprint density at radius 3 is 2.25 bits per heavy atom. The lowest BCUT2D eigenvalue weighted by molar-refractivity contribution is 0.0972. The van der Waals surface area contributed by atoms with Gasteiger partial charge in [-0.25, -0.2) is 13.1 Å². The van der Waals surface area contributed by atoms with Crippen molar-refractivity contribution >= 4 is 38.9 Å². The highest BCUT2D eigenvalue weighted by Crippen LogP contribution is 2.19. The van der Waals surface area contributed by atoms with Gasteiger partial charge in [0.2, 0.25) is 10.0 Å². The molecule has 3 aromatic carbocycles. The van der Waals surface area contributed by atoms with Crippen molar-refractivity contribution in [2.24, 2.45) is 0 Å². The maximum atomic E-state index is 12.8. The molecule has 0 bridgehead atoms. The lowest BCUT2D eigenvalue weighted by Gasteiger charge is -2.14. The van der Waals surface area contributed by atoms with Gasteiger partial charge in [0.15, 0.2) is 5.11 Å². The Bertz CT molecular complexity index is 1270. The standard InChI is InChI=1S/C26H29N3O5S2/c1-3-19(2)29-36(31,32)22-15-13-20(14-16-22)27-26(35)28-25(30)23-11-7-8-12-24(23)34-18-17-33-21-9-5-4-6-10-21/h4-16,19,29H,3,17-18H2,1-2H3,(H2,27,28,30,35). The number of hydrogen-bond acceptors (Lipinski definition) is 6. The molecule has 0 radical (unpaired) electrons. The molecule has 8 nitrogen and oxygen atoms in total. The van der Waals surface area contributed by atoms with Crippen LogP contribution in [0.25, 0.3) is 0 Å². The zero-order valence-corrected chi connectivity index (χ0v) is 21.7. The quantitative estimate of drug-likeness (QED) is 0.252. The number of benzene rings is 3. The topological polar surface area (TPSA) is 106 Å². The van der Waals surface area contributed by atoms with Crippen LogP contribution in [-0.4, -0.2) is 38.7 Å². The Labute approximate surface area is 217 Å². The number of ether oxygens (including phenoxy) is 2. The number of carbonyl (C=O) groups is 1. The van der Waals surface area contributed by atoms with Crippen molar-refractivity contribution in [3.63, 3.8) is 0 Å². The molecule has 0 saturated carbocycles. The van der Waals surface area contributed by atoms with Gasteiger partial charge >= 0.3 is 0 Å². The molecule has 0 spiro atoms. The van der Waals surface area contributed by atoms with Crippen molar-refractivity contribution in [3.8, 4) is 11.5 Å². The molecule has 3 N–H and O–H groups in total. The predicted octanol–water partition coefficient (Wildman–Crippen LogP) is 4.35. The summed E-state index contributed by atoms with van der Waals surface area (Å²) in [7, 11) is -3.61. The van der Waals surface area contributed by atoms with Gasteiger partial charge in [0.25, 0.3) is 5.91 Å². The van der Waals surface area contributed by atoms with Crippen LogP contribution >= 0.6 is 12.2 Å². The molecule has 3 rings (SSSR count). The van der Waals surface area contributed by atoms with Crippen LogP contribution in [0.5, 0.6) is 11.5 Å². The van der Waals surface area contributed by atoms with E-state index in [9.17, 15) is 13.2 Å². The molecule has 0 aromatic heterocycles. The van der Waals surface area contributed by atoms with E-state index >= 15 is 0 Å². The number of carbonyl (C=O) groups excluding carboxylic acids is 1. The van der Waals surface area contributed by atoms with Crippen LogP contribution in [0.15, 0.2) is 83.8 Å². The first-order chi connectivity index (χ1) is 17.3. The minimum atomic E-state index is -3.61. The Hall–Kier alpha value is -3.47. The maximum absolute atomic E-state index is 12.8. The average molecular weight is 528 g/mol. The number of amides is 1. The van der Waals surface area contributed by atoms with Crippen molar-refractivity contribution in [1.29, 1.82) is 0 Å². The number of sulfonamides is 1. The van der Waals surface area contributed by atoms with E-state index in [1.165, 1.54) is 12.1 Å². The highest BCUT2D eigenvalue weighted by atomic mass is 32.2. The minimum absolute atomic E-state index is 0.0653. The molecule has 0 heterocycles. The summed E-state index contributed by atoms with van der Waals surface area (Å²) in [6.45, 7) is 4.28. The molecule has 1 unspecified atom stereocenters. The van der Waals surface area contributed by atoms with E-state index in [1.807, 2.05) is 37.3 Å². The van der Waals surface area contributed by atoms with Gasteiger partial charge in [-0.2, -0.15) is 0 Å². The van der Waals surface area contributed by atoms with E-state index in [1.54, 1.807) is 43.3 Å². The molecule has 10 heteroatoms. The Balaban J connectivity index is 1.54. The lowest BCUT2D eigenvalue weighted by Crippen LogP contribution is -2.34. The van der Waals surface area contributed by atoms with Crippen LogP contribution in [0.1, 0.15) is 30.6 Å². The van der Waals surface area contributed by atoms with Crippen LogP contribution < -0.4 is 24.8 Å². The van der Waals surface area contributed by atoms with Crippen LogP contribution in [0.4, 0.5) is 5.69 Å². The highest BCUT2D eigenvalue weighted by molar-refractivity contribution is 7.89. The van der Waals surface area contributed by atoms with Crippen molar-refractivity contribution in [2.75, 3.05) is 18.5 Å². The average Bonchev–Trinajstić information content (AvgIpc) is 2.87. The molecule has 190 valence electrons. The van der Waals surface area contributed by atoms with Gasteiger partial charge in [0.1, 0.15) is 24.7 Å². The second-order valence-electron chi connectivity index (χ2n) is 7.87. The summed E-state index contributed by atoms with van der Waals surface area (Å²) in [4.78, 5) is 12.9. The fraction of sp³-hybridized carbons (Fsp3) is 0.231. The predicted molar refractivity (Wildman–Crippen MR) is 144 cm³/mol. The van der Waals surface area contributed by atoms with Crippen molar-refractivity contribution in [3.05, 3.63) is 84.4 Å². The van der Waals surface area contributed by atoms with Gasteiger partial charge in [0, 0.05) is 11.7 Å². The molecule has 1 amide bonds. The maximum Gasteiger partial charge on any atom is 0.261 e. The summed E-state index contributed by atoms with van der Waals surface area (Å²) < 4.78 is 38.8. The number of nitrogens with one attached hydrogen (secondary N) is 3. The first-order valence-electron chi connectivity index (χ1n) is 11.4. The molecule has 0 aliphatic carbocycles. The smallest absolute Gasteiger partial charge is 0.261 e. The first-order valence-corrected chi connectivity index (χ1v) is 13.3. The molecular formula is C26H29N3O5S2. The van der Waals surface area contributed by atoms with Gasteiger partial charge in [0.05, 0.1) is 10.5 Å². The van der Waals surface area contributed by atoms with Gasteiger partial charge in [-0.15, -0.1) is 0 Å². The zero-order chi connectivity index (χ0) is 26.0. The molecule has 36 heavy (non-hydrogen) atoms. The Morgan fingerprint density at radius 1 is 0.917 bits per heavy atom. The summed E-state index contributed by atoms with van der Waals surface area (Å²) in [5, 5.41) is 5.57. The third kappa shape index (κ3) is 8.04. The largest absolute Gasteiger partial charge is 0.490 e. The molecule has 0 aliphatic rings. The summed E-state index contributed by atoms with van der Waals surface area (Å²) in [5.74, 6) is 0.697. The van der Waals surface area contributed by atoms with Gasteiger partial charge < -0.3 is 14.8 Å². The van der Waals surface area contributed by atoms with E-state index in [4.69, 9.17) is 21.7 Å². The highest BCUT2D eigenvalue weighted by Gasteiger charge is 2.17. The zero-order valence-electron chi connectivity index (χ0n) is 20.1. The third-order valence-corrected chi connectivity index (χ3v) is 6.91. The third-order valence-electron chi connectivity index (χ3n) is 5.10. The van der Waals surface area contributed by atoms with E-state index in [0.717, 1.165) is 5.75 Å². The monoisotopic (exact) mass is 527 g/mol. The number of anilines is 1. The molecule has 0 fully saturated rings. The second kappa shape index (κ2) is 13.0.